The van der Waals surface area contributed by atoms with E-state index in [-0.39, 0.29) is 19.4 Å². The number of hydrogen-bond donors (Lipinski definition) is 3. The highest BCUT2D eigenvalue weighted by molar-refractivity contribution is 7.91. The minimum Gasteiger partial charge on any atom is -0.436 e. The number of benzene rings is 1. The molecule has 4 unspecified atom stereocenters. The maximum Gasteiger partial charge on any atom is 0.405 e. The summed E-state index contributed by atoms with van der Waals surface area (Å²) in [5, 5.41) is 2.77. The summed E-state index contributed by atoms with van der Waals surface area (Å²) >= 11 is 0. The third kappa shape index (κ3) is 6.35. The first-order chi connectivity index (χ1) is 18.5. The summed E-state index contributed by atoms with van der Waals surface area (Å²) in [6, 6.07) is 7.40. The van der Waals surface area contributed by atoms with Crippen molar-refractivity contribution in [2.24, 2.45) is 11.7 Å². The van der Waals surface area contributed by atoms with Gasteiger partial charge in [-0.3, -0.25) is 18.7 Å². The number of hydrogen-bond acceptors (Lipinski definition) is 7. The fourth-order valence-corrected chi connectivity index (χ4v) is 6.18. The molecule has 4 rings (SSSR count). The predicted molar refractivity (Wildman–Crippen MR) is 142 cm³/mol. The van der Waals surface area contributed by atoms with Gasteiger partial charge in [-0.1, -0.05) is 36.8 Å². The summed E-state index contributed by atoms with van der Waals surface area (Å²) in [5.74, 6) is -2.31. The van der Waals surface area contributed by atoms with E-state index in [0.29, 0.717) is 31.4 Å². The minimum atomic E-state index is -4.27. The van der Waals surface area contributed by atoms with Gasteiger partial charge in [0.15, 0.2) is 6.10 Å². The molecule has 4 amide bonds. The van der Waals surface area contributed by atoms with Gasteiger partial charge in [0.25, 0.3) is 11.8 Å². The van der Waals surface area contributed by atoms with Crippen molar-refractivity contribution in [2.75, 3.05) is 17.9 Å². The van der Waals surface area contributed by atoms with Crippen LogP contribution in [-0.4, -0.2) is 68.4 Å². The van der Waals surface area contributed by atoms with E-state index in [1.165, 1.54) is 11.9 Å². The SMILES string of the molecule is CN(c1ccccc1)S(=O)(=O)NC(=O)C12CC1/C=C\CCCCCC(OC(N)=O)C(=O)N1CCCC1C(=O)N2. The Kier molecular flexibility index (Phi) is 8.48. The van der Waals surface area contributed by atoms with Gasteiger partial charge in [0.05, 0.1) is 5.69 Å². The summed E-state index contributed by atoms with van der Waals surface area (Å²) in [4.78, 5) is 53.0. The van der Waals surface area contributed by atoms with Crippen LogP contribution >= 0.6 is 0 Å². The molecule has 13 heteroatoms. The van der Waals surface area contributed by atoms with E-state index in [9.17, 15) is 27.6 Å². The molecular weight excluding hydrogens is 526 g/mol. The van der Waals surface area contributed by atoms with Gasteiger partial charge < -0.3 is 20.7 Å². The monoisotopic (exact) mass is 561 g/mol. The fourth-order valence-electron chi connectivity index (χ4n) is 5.23. The van der Waals surface area contributed by atoms with E-state index >= 15 is 0 Å². The third-order valence-electron chi connectivity index (χ3n) is 7.55. The molecule has 212 valence electrons. The highest BCUT2D eigenvalue weighted by Crippen LogP contribution is 2.45. The average Bonchev–Trinajstić information content (AvgIpc) is 3.36. The van der Waals surface area contributed by atoms with Crippen LogP contribution in [0.4, 0.5) is 10.5 Å². The number of rotatable bonds is 5. The van der Waals surface area contributed by atoms with Crippen molar-refractivity contribution in [3.8, 4) is 0 Å². The van der Waals surface area contributed by atoms with Crippen LogP contribution in [0.1, 0.15) is 51.4 Å². The molecule has 2 aliphatic heterocycles. The van der Waals surface area contributed by atoms with Crippen LogP contribution in [0.5, 0.6) is 0 Å². The van der Waals surface area contributed by atoms with E-state index in [1.807, 2.05) is 12.2 Å². The van der Waals surface area contributed by atoms with E-state index in [2.05, 4.69) is 10.0 Å². The van der Waals surface area contributed by atoms with Crippen LogP contribution in [0.15, 0.2) is 42.5 Å². The van der Waals surface area contributed by atoms with E-state index in [1.54, 1.807) is 30.3 Å². The maximum absolute atomic E-state index is 13.5. The van der Waals surface area contributed by atoms with Crippen molar-refractivity contribution in [3.05, 3.63) is 42.5 Å². The number of para-hydroxylation sites is 1. The molecule has 4 atom stereocenters. The normalized spacial score (nSPS) is 28.5. The molecule has 1 saturated carbocycles. The van der Waals surface area contributed by atoms with Gasteiger partial charge in [0.2, 0.25) is 5.91 Å². The molecule has 1 aliphatic carbocycles. The summed E-state index contributed by atoms with van der Waals surface area (Å²) in [5.41, 5.74) is 4.09. The summed E-state index contributed by atoms with van der Waals surface area (Å²) in [6.07, 6.45) is 5.91. The molecule has 1 saturated heterocycles. The summed E-state index contributed by atoms with van der Waals surface area (Å²) in [6.45, 7) is 0.286. The number of allylic oxidation sites excluding steroid dienone is 1. The molecule has 0 bridgehead atoms. The molecule has 3 aliphatic rings. The van der Waals surface area contributed by atoms with Crippen molar-refractivity contribution in [2.45, 2.75) is 69.1 Å². The van der Waals surface area contributed by atoms with Gasteiger partial charge >= 0.3 is 16.3 Å². The number of ether oxygens (including phenoxy) is 1. The van der Waals surface area contributed by atoms with Crippen LogP contribution in [0, 0.1) is 5.92 Å². The Balaban J connectivity index is 1.57. The zero-order chi connectivity index (χ0) is 28.2. The molecule has 0 radical (unpaired) electrons. The molecule has 1 aromatic rings. The lowest BCUT2D eigenvalue weighted by Crippen LogP contribution is -2.58. The smallest absolute Gasteiger partial charge is 0.405 e. The van der Waals surface area contributed by atoms with Crippen LogP contribution in [0.25, 0.3) is 0 Å². The maximum atomic E-state index is 13.5. The molecule has 0 spiro atoms. The molecule has 2 heterocycles. The van der Waals surface area contributed by atoms with Gasteiger partial charge in [-0.25, -0.2) is 9.52 Å². The second-order valence-corrected chi connectivity index (χ2v) is 11.9. The molecule has 39 heavy (non-hydrogen) atoms. The molecule has 0 aromatic heterocycles. The van der Waals surface area contributed by atoms with Gasteiger partial charge in [-0.05, 0) is 57.1 Å². The second kappa shape index (κ2) is 11.6. The highest BCUT2D eigenvalue weighted by Gasteiger charge is 2.61. The average molecular weight is 562 g/mol. The third-order valence-corrected chi connectivity index (χ3v) is 8.92. The molecular formula is C26H35N5O7S. The van der Waals surface area contributed by atoms with E-state index in [4.69, 9.17) is 10.5 Å². The number of nitrogens with two attached hydrogens (primary N) is 1. The van der Waals surface area contributed by atoms with Gasteiger partial charge in [0.1, 0.15) is 11.6 Å². The summed E-state index contributed by atoms with van der Waals surface area (Å²) in [7, 11) is -2.94. The quantitative estimate of drug-likeness (QED) is 0.456. The predicted octanol–water partition coefficient (Wildman–Crippen LogP) is 1.33. The van der Waals surface area contributed by atoms with Gasteiger partial charge in [-0.15, -0.1) is 0 Å². The Bertz CT molecular complexity index is 1240. The van der Waals surface area contributed by atoms with Gasteiger partial charge in [0, 0.05) is 19.5 Å². The van der Waals surface area contributed by atoms with Crippen LogP contribution < -0.4 is 20.1 Å². The lowest BCUT2D eigenvalue weighted by atomic mass is 10.1. The van der Waals surface area contributed by atoms with Crippen molar-refractivity contribution >= 4 is 39.7 Å². The zero-order valence-electron chi connectivity index (χ0n) is 21.9. The topological polar surface area (TPSA) is 168 Å². The van der Waals surface area contributed by atoms with Crippen molar-refractivity contribution in [1.82, 2.24) is 14.9 Å². The first-order valence-corrected chi connectivity index (χ1v) is 14.6. The Labute approximate surface area is 228 Å². The minimum absolute atomic E-state index is 0.222. The number of anilines is 1. The standard InChI is InChI=1S/C26H35N5O7S/c1-30(19-12-7-5-8-13-19)39(36,37)29-24(34)26-17-18(26)11-6-3-2-4-9-15-21(38-25(27)35)23(33)31-16-10-14-20(31)22(32)28-26/h5-8,11-13,18,20-21H,2-4,9-10,14-17H2,1H3,(H2,27,35)(H,28,32)(H,29,34)/b11-6-. The Morgan fingerprint density at radius 3 is 2.59 bits per heavy atom. The second-order valence-electron chi connectivity index (χ2n) is 10.2. The largest absolute Gasteiger partial charge is 0.436 e. The van der Waals surface area contributed by atoms with E-state index < -0.39 is 57.6 Å². The number of carbonyl (C=O) groups is 4. The van der Waals surface area contributed by atoms with Gasteiger partial charge in [-0.2, -0.15) is 8.42 Å². The molecule has 12 nitrogen and oxygen atoms in total. The van der Waals surface area contributed by atoms with Crippen LogP contribution in [-0.2, 0) is 29.3 Å². The van der Waals surface area contributed by atoms with Crippen LogP contribution in [0.2, 0.25) is 0 Å². The fraction of sp³-hybridized carbons (Fsp3) is 0.538. The zero-order valence-corrected chi connectivity index (χ0v) is 22.7. The molecule has 1 aromatic carbocycles. The highest BCUT2D eigenvalue weighted by atomic mass is 32.2. The number of nitrogens with zero attached hydrogens (tertiary/aromatic N) is 2. The van der Waals surface area contributed by atoms with Crippen molar-refractivity contribution < 1.29 is 32.3 Å². The Morgan fingerprint density at radius 1 is 1.13 bits per heavy atom. The number of amides is 4. The first kappa shape index (κ1) is 28.4. The number of nitrogens with one attached hydrogen (secondary N) is 2. The number of carbonyl (C=O) groups excluding carboxylic acids is 4. The number of fused-ring (bicyclic) bond motifs is 2. The van der Waals surface area contributed by atoms with Crippen LogP contribution in [0.3, 0.4) is 0 Å². The number of primary amides is 1. The van der Waals surface area contributed by atoms with Crippen molar-refractivity contribution in [3.63, 3.8) is 0 Å². The van der Waals surface area contributed by atoms with E-state index in [0.717, 1.165) is 17.1 Å². The molecule has 4 N–H and O–H groups in total. The Morgan fingerprint density at radius 2 is 1.87 bits per heavy atom. The lowest BCUT2D eigenvalue weighted by Gasteiger charge is -2.29. The summed E-state index contributed by atoms with van der Waals surface area (Å²) < 4.78 is 34.3. The first-order valence-electron chi connectivity index (χ1n) is 13.2. The van der Waals surface area contributed by atoms with Crippen molar-refractivity contribution in [1.29, 1.82) is 0 Å². The Hall–Kier alpha value is -3.61. The molecule has 2 fully saturated rings. The lowest BCUT2D eigenvalue weighted by molar-refractivity contribution is -0.146.